The summed E-state index contributed by atoms with van der Waals surface area (Å²) < 4.78 is 35.3. The zero-order valence-electron chi connectivity index (χ0n) is 15.2. The molecule has 0 spiro atoms. The number of amides is 1. The maximum absolute atomic E-state index is 12.4. The second kappa shape index (κ2) is 7.38. The van der Waals surface area contributed by atoms with Crippen molar-refractivity contribution in [3.8, 4) is 5.75 Å². The molecule has 1 amide bonds. The van der Waals surface area contributed by atoms with E-state index in [1.54, 1.807) is 12.0 Å². The summed E-state index contributed by atoms with van der Waals surface area (Å²) in [6.45, 7) is 1.26. The molecule has 0 aliphatic carbocycles. The Morgan fingerprint density at radius 2 is 1.88 bits per heavy atom. The molecule has 0 bridgehead atoms. The predicted molar refractivity (Wildman–Crippen MR) is 97.2 cm³/mol. The number of nitrogens with zero attached hydrogens (tertiary/aromatic N) is 2. The minimum absolute atomic E-state index is 0.0419. The first-order valence-electron chi connectivity index (χ1n) is 8.45. The zero-order valence-corrected chi connectivity index (χ0v) is 16.0. The summed E-state index contributed by atoms with van der Waals surface area (Å²) in [6.07, 6.45) is 3.23. The number of likely N-dealkylation sites (tertiary alicyclic amines) is 1. The lowest BCUT2D eigenvalue weighted by atomic mass is 9.86. The summed E-state index contributed by atoms with van der Waals surface area (Å²) in [5.41, 5.74) is 2.07. The van der Waals surface area contributed by atoms with Gasteiger partial charge in [0.25, 0.3) is 5.91 Å². The van der Waals surface area contributed by atoms with Crippen LogP contribution in [-0.2, 0) is 26.1 Å². The molecule has 0 unspecified atom stereocenters. The fraction of sp³-hybridized carbons (Fsp3) is 0.500. The highest BCUT2D eigenvalue weighted by Crippen LogP contribution is 2.33. The van der Waals surface area contributed by atoms with E-state index in [4.69, 9.17) is 9.47 Å². The lowest BCUT2D eigenvalue weighted by Gasteiger charge is -2.48. The van der Waals surface area contributed by atoms with Gasteiger partial charge in [-0.25, -0.2) is 8.42 Å². The molecule has 8 heteroatoms. The maximum atomic E-state index is 12.4. The van der Waals surface area contributed by atoms with E-state index in [-0.39, 0.29) is 11.9 Å². The number of hydrogen-bond acceptors (Lipinski definition) is 5. The van der Waals surface area contributed by atoms with Crippen molar-refractivity contribution in [2.75, 3.05) is 33.6 Å². The summed E-state index contributed by atoms with van der Waals surface area (Å²) in [5.74, 6) is 0.727. The Kier molecular flexibility index (Phi) is 5.36. The van der Waals surface area contributed by atoms with Gasteiger partial charge in [-0.3, -0.25) is 4.79 Å². The first-order valence-corrected chi connectivity index (χ1v) is 10.3. The molecule has 0 N–H and O–H groups in total. The number of methoxy groups -OCH3 is 2. The standard InChI is InChI=1S/C18H24N2O5S/c1-24-15-6-4-13(5-7-15)12-20-16(17(25-2)18(20)21)14-8-10-19(11-9-14)26(3,22)23/h4-8,16-17H,9-12H2,1-3H3/t16-,17+/m0/s1. The van der Waals surface area contributed by atoms with Gasteiger partial charge in [-0.1, -0.05) is 18.2 Å². The third-order valence-electron chi connectivity index (χ3n) is 4.97. The van der Waals surface area contributed by atoms with Gasteiger partial charge in [-0.2, -0.15) is 4.31 Å². The van der Waals surface area contributed by atoms with E-state index in [1.165, 1.54) is 17.7 Å². The number of rotatable bonds is 6. The lowest BCUT2D eigenvalue weighted by molar-refractivity contribution is -0.168. The SMILES string of the molecule is COc1ccc(CN2C(=O)[C@H](OC)[C@@H]2C2=CCN(S(C)(=O)=O)CC2)cc1. The number of carbonyl (C=O) groups excluding carboxylic acids is 1. The van der Waals surface area contributed by atoms with Gasteiger partial charge in [-0.15, -0.1) is 0 Å². The topological polar surface area (TPSA) is 76.2 Å². The van der Waals surface area contributed by atoms with Crippen LogP contribution in [-0.4, -0.2) is 69.2 Å². The highest BCUT2D eigenvalue weighted by atomic mass is 32.2. The largest absolute Gasteiger partial charge is 0.497 e. The van der Waals surface area contributed by atoms with Crippen LogP contribution in [0.3, 0.4) is 0 Å². The van der Waals surface area contributed by atoms with Crippen molar-refractivity contribution in [3.63, 3.8) is 0 Å². The van der Waals surface area contributed by atoms with Crippen LogP contribution in [0, 0.1) is 0 Å². The molecular weight excluding hydrogens is 356 g/mol. The van der Waals surface area contributed by atoms with Crippen molar-refractivity contribution < 1.29 is 22.7 Å². The molecule has 2 atom stereocenters. The molecule has 3 rings (SSSR count). The lowest BCUT2D eigenvalue weighted by Crippen LogP contribution is -2.66. The van der Waals surface area contributed by atoms with Crippen LogP contribution in [0.4, 0.5) is 0 Å². The van der Waals surface area contributed by atoms with E-state index < -0.39 is 16.1 Å². The second-order valence-corrected chi connectivity index (χ2v) is 8.55. The van der Waals surface area contributed by atoms with Gasteiger partial charge in [0.1, 0.15) is 5.75 Å². The Balaban J connectivity index is 1.75. The van der Waals surface area contributed by atoms with Crippen molar-refractivity contribution in [2.24, 2.45) is 0 Å². The van der Waals surface area contributed by atoms with E-state index in [0.29, 0.717) is 26.1 Å². The number of hydrogen-bond donors (Lipinski definition) is 0. The molecule has 7 nitrogen and oxygen atoms in total. The molecule has 1 fully saturated rings. The fourth-order valence-corrected chi connectivity index (χ4v) is 4.25. The molecule has 2 aliphatic rings. The maximum Gasteiger partial charge on any atom is 0.255 e. The van der Waals surface area contributed by atoms with E-state index in [1.807, 2.05) is 30.3 Å². The van der Waals surface area contributed by atoms with Gasteiger partial charge >= 0.3 is 0 Å². The normalized spacial score (nSPS) is 24.2. The predicted octanol–water partition coefficient (Wildman–Crippen LogP) is 1.01. The molecule has 0 aromatic heterocycles. The number of carbonyl (C=O) groups is 1. The molecule has 26 heavy (non-hydrogen) atoms. The van der Waals surface area contributed by atoms with Crippen LogP contribution in [0.2, 0.25) is 0 Å². The molecule has 142 valence electrons. The molecule has 0 saturated carbocycles. The summed E-state index contributed by atoms with van der Waals surface area (Å²) >= 11 is 0. The summed E-state index contributed by atoms with van der Waals surface area (Å²) in [4.78, 5) is 14.2. The van der Waals surface area contributed by atoms with E-state index in [2.05, 4.69) is 0 Å². The monoisotopic (exact) mass is 380 g/mol. The minimum Gasteiger partial charge on any atom is -0.497 e. The highest BCUT2D eigenvalue weighted by Gasteiger charge is 2.49. The Hall–Kier alpha value is -1.90. The van der Waals surface area contributed by atoms with E-state index in [9.17, 15) is 13.2 Å². The van der Waals surface area contributed by atoms with Gasteiger partial charge < -0.3 is 14.4 Å². The van der Waals surface area contributed by atoms with Crippen molar-refractivity contribution in [1.29, 1.82) is 0 Å². The van der Waals surface area contributed by atoms with Crippen LogP contribution in [0.1, 0.15) is 12.0 Å². The first-order chi connectivity index (χ1) is 12.3. The van der Waals surface area contributed by atoms with E-state index in [0.717, 1.165) is 16.9 Å². The Morgan fingerprint density at radius 3 is 2.38 bits per heavy atom. The number of β-lactam (4-membered cyclic amide) rings is 1. The second-order valence-electron chi connectivity index (χ2n) is 6.57. The van der Waals surface area contributed by atoms with Crippen LogP contribution in [0.5, 0.6) is 5.75 Å². The van der Waals surface area contributed by atoms with Crippen LogP contribution < -0.4 is 4.74 Å². The number of benzene rings is 1. The van der Waals surface area contributed by atoms with Crippen LogP contribution in [0.15, 0.2) is 35.9 Å². The van der Waals surface area contributed by atoms with Gasteiger partial charge in [0.05, 0.1) is 19.4 Å². The van der Waals surface area contributed by atoms with Crippen molar-refractivity contribution in [3.05, 3.63) is 41.5 Å². The van der Waals surface area contributed by atoms with E-state index >= 15 is 0 Å². The molecule has 1 aromatic carbocycles. The van der Waals surface area contributed by atoms with Crippen LogP contribution in [0.25, 0.3) is 0 Å². The summed E-state index contributed by atoms with van der Waals surface area (Å²) in [5, 5.41) is 0. The summed E-state index contributed by atoms with van der Waals surface area (Å²) in [7, 11) is -0.0494. The Labute approximate surface area is 154 Å². The highest BCUT2D eigenvalue weighted by molar-refractivity contribution is 7.88. The molecule has 1 saturated heterocycles. The van der Waals surface area contributed by atoms with Crippen molar-refractivity contribution in [2.45, 2.75) is 25.1 Å². The third kappa shape index (κ3) is 3.62. The van der Waals surface area contributed by atoms with Gasteiger partial charge in [0.15, 0.2) is 6.10 Å². The zero-order chi connectivity index (χ0) is 18.9. The number of ether oxygens (including phenoxy) is 2. The average Bonchev–Trinajstić information content (AvgIpc) is 2.63. The quantitative estimate of drug-likeness (QED) is 0.544. The summed E-state index contributed by atoms with van der Waals surface area (Å²) in [6, 6.07) is 7.46. The fourth-order valence-electron chi connectivity index (χ4n) is 3.48. The Bertz CT molecular complexity index is 803. The molecular formula is C18H24N2O5S. The minimum atomic E-state index is -3.20. The third-order valence-corrected chi connectivity index (χ3v) is 6.24. The molecule has 2 heterocycles. The molecule has 2 aliphatic heterocycles. The van der Waals surface area contributed by atoms with Crippen LogP contribution >= 0.6 is 0 Å². The number of sulfonamides is 1. The van der Waals surface area contributed by atoms with Gasteiger partial charge in [0.2, 0.25) is 10.0 Å². The first kappa shape index (κ1) is 18.9. The Morgan fingerprint density at radius 1 is 1.19 bits per heavy atom. The molecule has 0 radical (unpaired) electrons. The van der Waals surface area contributed by atoms with Crippen molar-refractivity contribution >= 4 is 15.9 Å². The smallest absolute Gasteiger partial charge is 0.255 e. The van der Waals surface area contributed by atoms with Gasteiger partial charge in [0, 0.05) is 26.7 Å². The van der Waals surface area contributed by atoms with Crippen molar-refractivity contribution in [1.82, 2.24) is 9.21 Å². The van der Waals surface area contributed by atoms with Gasteiger partial charge in [-0.05, 0) is 29.7 Å². The molecule has 1 aromatic rings. The average molecular weight is 380 g/mol.